The van der Waals surface area contributed by atoms with Gasteiger partial charge in [0.15, 0.2) is 9.84 Å². The SMILES string of the molecule is O=C(O)CNC(=O)CNC(=O)NC1CCCS(=O)(=O)C1. The fourth-order valence-electron chi connectivity index (χ4n) is 1.77. The van der Waals surface area contributed by atoms with E-state index in [2.05, 4.69) is 16.0 Å². The van der Waals surface area contributed by atoms with E-state index in [0.717, 1.165) is 0 Å². The molecule has 3 amide bonds. The molecule has 0 radical (unpaired) electrons. The molecule has 0 spiro atoms. The van der Waals surface area contributed by atoms with E-state index in [1.165, 1.54) is 0 Å². The molecule has 0 aromatic rings. The van der Waals surface area contributed by atoms with E-state index in [9.17, 15) is 22.8 Å². The molecule has 1 saturated heterocycles. The molecular weight excluding hydrogens is 290 g/mol. The molecule has 1 rings (SSSR count). The Kier molecular flexibility index (Phi) is 5.74. The number of hydrogen-bond donors (Lipinski definition) is 4. The smallest absolute Gasteiger partial charge is 0.322 e. The molecule has 1 aliphatic heterocycles. The summed E-state index contributed by atoms with van der Waals surface area (Å²) in [4.78, 5) is 32.8. The summed E-state index contributed by atoms with van der Waals surface area (Å²) in [5, 5.41) is 15.1. The fourth-order valence-corrected chi connectivity index (χ4v) is 3.41. The molecule has 0 bridgehead atoms. The van der Waals surface area contributed by atoms with Gasteiger partial charge in [0.2, 0.25) is 5.91 Å². The molecule has 1 unspecified atom stereocenters. The quantitative estimate of drug-likeness (QED) is 0.466. The van der Waals surface area contributed by atoms with Crippen LogP contribution in [-0.2, 0) is 19.4 Å². The zero-order chi connectivity index (χ0) is 15.2. The molecule has 10 heteroatoms. The third kappa shape index (κ3) is 6.36. The van der Waals surface area contributed by atoms with Crippen LogP contribution in [-0.4, -0.2) is 62.1 Å². The number of carboxylic acids is 1. The molecule has 1 aliphatic rings. The average molecular weight is 307 g/mol. The van der Waals surface area contributed by atoms with E-state index >= 15 is 0 Å². The summed E-state index contributed by atoms with van der Waals surface area (Å²) in [5.74, 6) is -1.80. The molecule has 4 N–H and O–H groups in total. The van der Waals surface area contributed by atoms with Gasteiger partial charge < -0.3 is 21.1 Å². The number of sulfone groups is 1. The Hall–Kier alpha value is -1.84. The number of carbonyl (C=O) groups is 3. The minimum atomic E-state index is -3.11. The van der Waals surface area contributed by atoms with Gasteiger partial charge in [-0.25, -0.2) is 13.2 Å². The van der Waals surface area contributed by atoms with E-state index in [-0.39, 0.29) is 18.1 Å². The van der Waals surface area contributed by atoms with E-state index in [1.807, 2.05) is 0 Å². The fraction of sp³-hybridized carbons (Fsp3) is 0.700. The predicted octanol–water partition coefficient (Wildman–Crippen LogP) is -1.94. The Morgan fingerprint density at radius 1 is 1.15 bits per heavy atom. The van der Waals surface area contributed by atoms with Crippen LogP contribution in [0.4, 0.5) is 4.79 Å². The largest absolute Gasteiger partial charge is 0.480 e. The summed E-state index contributed by atoms with van der Waals surface area (Å²) in [6, 6.07) is -1.12. The molecular formula is C10H17N3O6S. The van der Waals surface area contributed by atoms with Crippen LogP contribution in [0.2, 0.25) is 0 Å². The van der Waals surface area contributed by atoms with Crippen LogP contribution in [0.1, 0.15) is 12.8 Å². The highest BCUT2D eigenvalue weighted by Crippen LogP contribution is 2.11. The van der Waals surface area contributed by atoms with Crippen LogP contribution in [0.5, 0.6) is 0 Å². The van der Waals surface area contributed by atoms with Crippen LogP contribution < -0.4 is 16.0 Å². The molecule has 114 valence electrons. The Balaban J connectivity index is 2.26. The second-order valence-electron chi connectivity index (χ2n) is 4.45. The minimum absolute atomic E-state index is 0.106. The number of urea groups is 1. The van der Waals surface area contributed by atoms with Crippen LogP contribution in [0, 0.1) is 0 Å². The number of amides is 3. The Morgan fingerprint density at radius 3 is 2.45 bits per heavy atom. The van der Waals surface area contributed by atoms with Crippen molar-refractivity contribution in [3.8, 4) is 0 Å². The lowest BCUT2D eigenvalue weighted by Gasteiger charge is -2.23. The highest BCUT2D eigenvalue weighted by molar-refractivity contribution is 7.91. The predicted molar refractivity (Wildman–Crippen MR) is 68.9 cm³/mol. The average Bonchev–Trinajstić information content (AvgIpc) is 2.32. The lowest BCUT2D eigenvalue weighted by Crippen LogP contribution is -2.49. The van der Waals surface area contributed by atoms with Gasteiger partial charge in [-0.15, -0.1) is 0 Å². The zero-order valence-electron chi connectivity index (χ0n) is 10.7. The summed E-state index contributed by atoms with van der Waals surface area (Å²) in [6.45, 7) is -0.901. The van der Waals surface area contributed by atoms with Crippen molar-refractivity contribution in [2.75, 3.05) is 24.6 Å². The van der Waals surface area contributed by atoms with Crippen molar-refractivity contribution in [2.45, 2.75) is 18.9 Å². The minimum Gasteiger partial charge on any atom is -0.480 e. The van der Waals surface area contributed by atoms with Crippen LogP contribution in [0.15, 0.2) is 0 Å². The summed E-state index contributed by atoms with van der Waals surface area (Å²) in [7, 11) is -3.11. The first-order valence-corrected chi connectivity index (χ1v) is 7.84. The summed E-state index contributed by atoms with van der Waals surface area (Å²) in [6.07, 6.45) is 1.06. The van der Waals surface area contributed by atoms with Gasteiger partial charge in [0, 0.05) is 6.04 Å². The van der Waals surface area contributed by atoms with Gasteiger partial charge in [-0.2, -0.15) is 0 Å². The first kappa shape index (κ1) is 16.2. The first-order valence-electron chi connectivity index (χ1n) is 6.02. The van der Waals surface area contributed by atoms with Crippen LogP contribution in [0.25, 0.3) is 0 Å². The normalized spacial score (nSPS) is 20.7. The topological polar surface area (TPSA) is 142 Å². The lowest BCUT2D eigenvalue weighted by molar-refractivity contribution is -0.137. The standard InChI is InChI=1S/C10H17N3O6S/c14-8(11-5-9(15)16)4-12-10(17)13-7-2-1-3-20(18,19)6-7/h7H,1-6H2,(H,11,14)(H,15,16)(H2,12,13,17). The molecule has 1 fully saturated rings. The molecule has 1 heterocycles. The summed E-state index contributed by atoms with van der Waals surface area (Å²) >= 11 is 0. The maximum Gasteiger partial charge on any atom is 0.322 e. The van der Waals surface area contributed by atoms with Crippen molar-refractivity contribution in [1.29, 1.82) is 0 Å². The van der Waals surface area contributed by atoms with Gasteiger partial charge in [-0.3, -0.25) is 9.59 Å². The van der Waals surface area contributed by atoms with Crippen LogP contribution in [0.3, 0.4) is 0 Å². The number of rotatable bonds is 5. The molecule has 0 aliphatic carbocycles. The van der Waals surface area contributed by atoms with Crippen molar-refractivity contribution in [2.24, 2.45) is 0 Å². The van der Waals surface area contributed by atoms with Crippen molar-refractivity contribution < 1.29 is 27.9 Å². The Labute approximate surface area is 116 Å². The van der Waals surface area contributed by atoms with Crippen molar-refractivity contribution in [3.63, 3.8) is 0 Å². The zero-order valence-corrected chi connectivity index (χ0v) is 11.5. The molecule has 0 aromatic heterocycles. The van der Waals surface area contributed by atoms with E-state index < -0.39 is 40.3 Å². The third-order valence-electron chi connectivity index (χ3n) is 2.64. The van der Waals surface area contributed by atoms with Gasteiger partial charge in [0.1, 0.15) is 6.54 Å². The summed E-state index contributed by atoms with van der Waals surface area (Å²) < 4.78 is 22.7. The molecule has 0 aromatic carbocycles. The van der Waals surface area contributed by atoms with Crippen LogP contribution >= 0.6 is 0 Å². The maximum atomic E-state index is 11.5. The van der Waals surface area contributed by atoms with Gasteiger partial charge in [-0.05, 0) is 12.8 Å². The number of nitrogens with one attached hydrogen (secondary N) is 3. The maximum absolute atomic E-state index is 11.5. The van der Waals surface area contributed by atoms with Crippen molar-refractivity contribution in [3.05, 3.63) is 0 Å². The molecule has 9 nitrogen and oxygen atoms in total. The highest BCUT2D eigenvalue weighted by Gasteiger charge is 2.25. The molecule has 0 saturated carbocycles. The van der Waals surface area contributed by atoms with E-state index in [0.29, 0.717) is 12.8 Å². The van der Waals surface area contributed by atoms with Crippen molar-refractivity contribution >= 4 is 27.7 Å². The first-order chi connectivity index (χ1) is 9.28. The van der Waals surface area contributed by atoms with E-state index in [1.54, 1.807) is 0 Å². The van der Waals surface area contributed by atoms with Crippen molar-refractivity contribution in [1.82, 2.24) is 16.0 Å². The van der Waals surface area contributed by atoms with Gasteiger partial charge in [0.05, 0.1) is 18.1 Å². The Bertz CT molecular complexity index is 489. The van der Waals surface area contributed by atoms with Gasteiger partial charge in [-0.1, -0.05) is 0 Å². The summed E-state index contributed by atoms with van der Waals surface area (Å²) in [5.41, 5.74) is 0. The second kappa shape index (κ2) is 7.08. The monoisotopic (exact) mass is 307 g/mol. The second-order valence-corrected chi connectivity index (χ2v) is 6.68. The van der Waals surface area contributed by atoms with Gasteiger partial charge in [0.25, 0.3) is 0 Å². The highest BCUT2D eigenvalue weighted by atomic mass is 32.2. The molecule has 1 atom stereocenters. The van der Waals surface area contributed by atoms with E-state index in [4.69, 9.17) is 5.11 Å². The number of carboxylic acid groups (broad SMARTS) is 1. The molecule has 20 heavy (non-hydrogen) atoms. The lowest BCUT2D eigenvalue weighted by atomic mass is 10.2. The Morgan fingerprint density at radius 2 is 1.85 bits per heavy atom. The third-order valence-corrected chi connectivity index (χ3v) is 4.47. The number of aliphatic carboxylic acids is 1. The van der Waals surface area contributed by atoms with Gasteiger partial charge >= 0.3 is 12.0 Å². The number of carbonyl (C=O) groups excluding carboxylic acids is 2. The number of hydrogen-bond acceptors (Lipinski definition) is 5.